The topological polar surface area (TPSA) is 105 Å². The van der Waals surface area contributed by atoms with E-state index in [9.17, 15) is 19.5 Å². The molecule has 0 saturated carbocycles. The van der Waals surface area contributed by atoms with Crippen molar-refractivity contribution in [2.75, 3.05) is 32.8 Å². The molecule has 178 valence electrons. The number of benzene rings is 2. The first-order chi connectivity index (χ1) is 16.4. The fourth-order valence-electron chi connectivity index (χ4n) is 5.25. The molecule has 0 bridgehead atoms. The van der Waals surface area contributed by atoms with Gasteiger partial charge in [-0.2, -0.15) is 0 Å². The van der Waals surface area contributed by atoms with E-state index in [1.807, 2.05) is 24.3 Å². The molecule has 3 aliphatic rings. The maximum atomic E-state index is 12.8. The summed E-state index contributed by atoms with van der Waals surface area (Å²) in [4.78, 5) is 38.1. The number of ether oxygens (including phenoxy) is 2. The Morgan fingerprint density at radius 2 is 1.71 bits per heavy atom. The summed E-state index contributed by atoms with van der Waals surface area (Å²) in [7, 11) is 0. The van der Waals surface area contributed by atoms with Crippen molar-refractivity contribution in [3.63, 3.8) is 0 Å². The number of hydrogen-bond donors (Lipinski definition) is 2. The number of aliphatic carboxylic acids is 1. The van der Waals surface area contributed by atoms with Crippen molar-refractivity contribution >= 4 is 18.0 Å². The van der Waals surface area contributed by atoms with Crippen molar-refractivity contribution in [3.8, 4) is 11.1 Å². The van der Waals surface area contributed by atoms with Crippen molar-refractivity contribution in [2.24, 2.45) is 11.3 Å². The van der Waals surface area contributed by atoms with Crippen LogP contribution in [0.3, 0.4) is 0 Å². The van der Waals surface area contributed by atoms with E-state index in [2.05, 4.69) is 29.6 Å². The first-order valence-corrected chi connectivity index (χ1v) is 11.6. The number of nitrogens with one attached hydrogen (secondary N) is 1. The zero-order chi connectivity index (χ0) is 23.9. The van der Waals surface area contributed by atoms with Gasteiger partial charge in [0.1, 0.15) is 18.1 Å². The maximum absolute atomic E-state index is 12.8. The van der Waals surface area contributed by atoms with Crippen molar-refractivity contribution in [1.82, 2.24) is 10.2 Å². The van der Waals surface area contributed by atoms with E-state index in [0.717, 1.165) is 11.1 Å². The lowest BCUT2D eigenvalue weighted by molar-refractivity contribution is -0.168. The monoisotopic (exact) mass is 464 g/mol. The number of alkyl carbamates (subject to hydrolysis) is 1. The van der Waals surface area contributed by atoms with Gasteiger partial charge in [0.05, 0.1) is 0 Å². The van der Waals surface area contributed by atoms with Gasteiger partial charge in [-0.3, -0.25) is 9.59 Å². The summed E-state index contributed by atoms with van der Waals surface area (Å²) in [5.74, 6) is -1.31. The first kappa shape index (κ1) is 22.4. The third-order valence-electron chi connectivity index (χ3n) is 7.22. The molecule has 0 radical (unpaired) electrons. The number of carboxylic acids is 1. The van der Waals surface area contributed by atoms with E-state index in [-0.39, 0.29) is 44.0 Å². The molecule has 2 heterocycles. The van der Waals surface area contributed by atoms with E-state index in [1.54, 1.807) is 6.92 Å². The van der Waals surface area contributed by atoms with E-state index in [4.69, 9.17) is 9.47 Å². The van der Waals surface area contributed by atoms with Gasteiger partial charge < -0.3 is 24.8 Å². The number of fused-ring (bicyclic) bond motifs is 3. The number of amides is 2. The van der Waals surface area contributed by atoms with Crippen molar-refractivity contribution < 1.29 is 29.0 Å². The zero-order valence-corrected chi connectivity index (χ0v) is 19.0. The predicted molar refractivity (Wildman–Crippen MR) is 123 cm³/mol. The molecule has 2 atom stereocenters. The number of carbonyl (C=O) groups is 3. The molecule has 8 nitrogen and oxygen atoms in total. The van der Waals surface area contributed by atoms with Gasteiger partial charge in [0, 0.05) is 38.1 Å². The lowest BCUT2D eigenvalue weighted by Crippen LogP contribution is -2.63. The Morgan fingerprint density at radius 3 is 2.32 bits per heavy atom. The van der Waals surface area contributed by atoms with Gasteiger partial charge >= 0.3 is 12.1 Å². The van der Waals surface area contributed by atoms with Gasteiger partial charge in [-0.25, -0.2) is 4.79 Å². The summed E-state index contributed by atoms with van der Waals surface area (Å²) in [6.45, 7) is 2.89. The van der Waals surface area contributed by atoms with Gasteiger partial charge in [0.2, 0.25) is 0 Å². The molecule has 2 fully saturated rings. The second-order valence-corrected chi connectivity index (χ2v) is 9.61. The average Bonchev–Trinajstić information content (AvgIpc) is 3.41. The molecule has 5 rings (SSSR count). The predicted octanol–water partition coefficient (Wildman–Crippen LogP) is 2.86. The van der Waals surface area contributed by atoms with Crippen molar-refractivity contribution in [2.45, 2.75) is 25.4 Å². The molecule has 2 aromatic rings. The molecule has 1 aliphatic carbocycles. The number of rotatable bonds is 6. The largest absolute Gasteiger partial charge is 0.481 e. The van der Waals surface area contributed by atoms with Gasteiger partial charge in [0.15, 0.2) is 0 Å². The van der Waals surface area contributed by atoms with E-state index in [1.165, 1.54) is 16.0 Å². The summed E-state index contributed by atoms with van der Waals surface area (Å²) < 4.78 is 11.2. The normalized spacial score (nSPS) is 22.4. The number of likely N-dealkylation sites (tertiary alicyclic amines) is 1. The first-order valence-electron chi connectivity index (χ1n) is 11.6. The highest BCUT2D eigenvalue weighted by Gasteiger charge is 2.50. The Bertz CT molecular complexity index is 1080. The van der Waals surface area contributed by atoms with Crippen molar-refractivity contribution in [3.05, 3.63) is 59.7 Å². The van der Waals surface area contributed by atoms with Crippen LogP contribution < -0.4 is 5.32 Å². The van der Waals surface area contributed by atoms with Gasteiger partial charge in [0.25, 0.3) is 5.91 Å². The number of hydrogen-bond acceptors (Lipinski definition) is 5. The van der Waals surface area contributed by atoms with Gasteiger partial charge in [-0.05, 0) is 35.6 Å². The Balaban J connectivity index is 1.14. The molecule has 2 aliphatic heterocycles. The Kier molecular flexibility index (Phi) is 5.77. The second-order valence-electron chi connectivity index (χ2n) is 9.61. The molecule has 2 aromatic carbocycles. The number of carbonyl (C=O) groups excluding carboxylic acids is 2. The second kappa shape index (κ2) is 8.76. The minimum Gasteiger partial charge on any atom is -0.481 e. The minimum absolute atomic E-state index is 0.0164. The molecule has 0 spiro atoms. The molecule has 34 heavy (non-hydrogen) atoms. The van der Waals surface area contributed by atoms with Crippen LogP contribution >= 0.6 is 0 Å². The van der Waals surface area contributed by atoms with Crippen LogP contribution in [0.25, 0.3) is 11.1 Å². The Labute approximate surface area is 197 Å². The number of carboxylic acid groups (broad SMARTS) is 1. The van der Waals surface area contributed by atoms with Crippen LogP contribution in [0.5, 0.6) is 0 Å². The van der Waals surface area contributed by atoms with Crippen LogP contribution in [0.2, 0.25) is 0 Å². The zero-order valence-electron chi connectivity index (χ0n) is 19.0. The molecule has 8 heteroatoms. The highest BCUT2D eigenvalue weighted by molar-refractivity contribution is 5.86. The fraction of sp³-hybridized carbons (Fsp3) is 0.423. The average molecular weight is 465 g/mol. The third-order valence-corrected chi connectivity index (χ3v) is 7.22. The van der Waals surface area contributed by atoms with Crippen LogP contribution in [-0.4, -0.2) is 66.9 Å². The smallest absolute Gasteiger partial charge is 0.407 e. The summed E-state index contributed by atoms with van der Waals surface area (Å²) in [6.07, 6.45) is -0.556. The standard InChI is InChI=1S/C26H28N2O6/c1-26(24(30)31)14-28(15-26)23(29)22-16(10-11-33-22)12-27-25(32)34-13-21-19-8-4-2-6-17(19)18-7-3-5-9-20(18)21/h2-9,16,21-22H,10-15H2,1H3,(H,27,32)(H,30,31)/t16-,22-/m1/s1. The molecule has 2 N–H and O–H groups in total. The maximum Gasteiger partial charge on any atom is 0.407 e. The van der Waals surface area contributed by atoms with Crippen LogP contribution in [0.1, 0.15) is 30.4 Å². The van der Waals surface area contributed by atoms with Crippen LogP contribution in [0, 0.1) is 11.3 Å². The van der Waals surface area contributed by atoms with Gasteiger partial charge in [-0.1, -0.05) is 48.5 Å². The van der Waals surface area contributed by atoms with Crippen LogP contribution in [-0.2, 0) is 19.1 Å². The lowest BCUT2D eigenvalue weighted by Gasteiger charge is -2.46. The van der Waals surface area contributed by atoms with Crippen LogP contribution in [0.4, 0.5) is 4.79 Å². The Morgan fingerprint density at radius 1 is 1.09 bits per heavy atom. The van der Waals surface area contributed by atoms with Gasteiger partial charge in [-0.15, -0.1) is 0 Å². The summed E-state index contributed by atoms with van der Waals surface area (Å²) >= 11 is 0. The quantitative estimate of drug-likeness (QED) is 0.681. The van der Waals surface area contributed by atoms with E-state index < -0.39 is 23.6 Å². The molecule has 2 saturated heterocycles. The number of nitrogens with zero attached hydrogens (tertiary/aromatic N) is 1. The lowest BCUT2D eigenvalue weighted by atomic mass is 9.81. The van der Waals surface area contributed by atoms with Crippen molar-refractivity contribution in [1.29, 1.82) is 0 Å². The Hall–Kier alpha value is -3.39. The highest BCUT2D eigenvalue weighted by atomic mass is 16.5. The van der Waals surface area contributed by atoms with E-state index in [0.29, 0.717) is 13.0 Å². The van der Waals surface area contributed by atoms with E-state index >= 15 is 0 Å². The fourth-order valence-corrected chi connectivity index (χ4v) is 5.25. The molecular formula is C26H28N2O6. The third kappa shape index (κ3) is 3.92. The van der Waals surface area contributed by atoms with Crippen LogP contribution in [0.15, 0.2) is 48.5 Å². The molecule has 0 aromatic heterocycles. The molecule has 2 amide bonds. The molecule has 0 unspecified atom stereocenters. The SMILES string of the molecule is CC1(C(=O)O)CN(C(=O)[C@@H]2OCC[C@@H]2CNC(=O)OCC2c3ccccc3-c3ccccc32)C1. The highest BCUT2D eigenvalue weighted by Crippen LogP contribution is 2.44. The summed E-state index contributed by atoms with van der Waals surface area (Å²) in [5, 5.41) is 12.0. The summed E-state index contributed by atoms with van der Waals surface area (Å²) in [6, 6.07) is 16.3. The summed E-state index contributed by atoms with van der Waals surface area (Å²) in [5.41, 5.74) is 3.73. The minimum atomic E-state index is -0.905. The molecular weight excluding hydrogens is 436 g/mol.